The number of hydrogen-bond acceptors (Lipinski definition) is 4. The van der Waals surface area contributed by atoms with E-state index in [1.165, 1.54) is 12.1 Å². The summed E-state index contributed by atoms with van der Waals surface area (Å²) in [4.78, 5) is 36.9. The van der Waals surface area contributed by atoms with Gasteiger partial charge in [0.1, 0.15) is 17.5 Å². The molecule has 1 N–H and O–H groups in total. The molecule has 6 nitrogen and oxygen atoms in total. The van der Waals surface area contributed by atoms with E-state index in [-0.39, 0.29) is 18.4 Å². The number of aromatic nitrogens is 2. The number of amides is 2. The predicted octanol–water partition coefficient (Wildman–Crippen LogP) is 5.32. The Morgan fingerprint density at radius 2 is 1.79 bits per heavy atom. The summed E-state index contributed by atoms with van der Waals surface area (Å²) in [6.07, 6.45) is 5.57. The van der Waals surface area contributed by atoms with Gasteiger partial charge in [-0.15, -0.1) is 0 Å². The summed E-state index contributed by atoms with van der Waals surface area (Å²) >= 11 is 0. The third-order valence-electron chi connectivity index (χ3n) is 8.32. The SMILES string of the molecule is C=C1CC[C@@H](c2cc(F)cc(F)c2)N(Cc2cnc3cc4c(cc3c2)C[C@@]2(C4)C(=O)Nc3ncccc32)C1=O. The first-order chi connectivity index (χ1) is 18.8. The maximum Gasteiger partial charge on any atom is 0.249 e. The number of pyridine rings is 2. The lowest BCUT2D eigenvalue weighted by atomic mass is 9.79. The van der Waals surface area contributed by atoms with Gasteiger partial charge in [-0.1, -0.05) is 12.6 Å². The number of carbonyl (C=O) groups excluding carboxylic acids is 2. The molecule has 2 atom stereocenters. The highest BCUT2D eigenvalue weighted by Gasteiger charge is 2.51. The minimum absolute atomic E-state index is 0.0335. The smallest absolute Gasteiger partial charge is 0.249 e. The van der Waals surface area contributed by atoms with E-state index in [4.69, 9.17) is 0 Å². The third-order valence-corrected chi connectivity index (χ3v) is 8.32. The molecular formula is C31H24F2N4O2. The molecule has 2 aromatic carbocycles. The van der Waals surface area contributed by atoms with Crippen LogP contribution in [0, 0.1) is 11.6 Å². The van der Waals surface area contributed by atoms with Crippen LogP contribution in [-0.4, -0.2) is 26.7 Å². The molecule has 4 heterocycles. The Bertz CT molecular complexity index is 1720. The molecule has 39 heavy (non-hydrogen) atoms. The molecule has 2 amide bonds. The molecular weight excluding hydrogens is 498 g/mol. The molecule has 3 aliphatic rings. The highest BCUT2D eigenvalue weighted by atomic mass is 19.1. The number of hydrogen-bond donors (Lipinski definition) is 1. The Kier molecular flexibility index (Phi) is 5.17. The first kappa shape index (κ1) is 23.6. The van der Waals surface area contributed by atoms with Crippen LogP contribution >= 0.6 is 0 Å². The number of piperidine rings is 1. The van der Waals surface area contributed by atoms with E-state index in [1.807, 2.05) is 24.3 Å². The molecule has 7 rings (SSSR count). The topological polar surface area (TPSA) is 75.2 Å². The Balaban J connectivity index is 1.22. The second-order valence-corrected chi connectivity index (χ2v) is 10.7. The zero-order valence-electron chi connectivity index (χ0n) is 21.0. The van der Waals surface area contributed by atoms with E-state index in [1.54, 1.807) is 17.3 Å². The van der Waals surface area contributed by atoms with Crippen molar-refractivity contribution in [1.82, 2.24) is 14.9 Å². The lowest BCUT2D eigenvalue weighted by molar-refractivity contribution is -0.132. The molecule has 1 aliphatic carbocycles. The van der Waals surface area contributed by atoms with Crippen LogP contribution in [0.1, 0.15) is 46.7 Å². The van der Waals surface area contributed by atoms with Gasteiger partial charge in [0, 0.05) is 41.5 Å². The molecule has 2 aliphatic heterocycles. The molecule has 2 aromatic heterocycles. The van der Waals surface area contributed by atoms with Gasteiger partial charge in [0.15, 0.2) is 0 Å². The molecule has 1 saturated heterocycles. The van der Waals surface area contributed by atoms with E-state index in [0.29, 0.717) is 42.6 Å². The summed E-state index contributed by atoms with van der Waals surface area (Å²) < 4.78 is 28.0. The molecule has 1 fully saturated rings. The molecule has 0 unspecified atom stereocenters. The van der Waals surface area contributed by atoms with Gasteiger partial charge in [-0.25, -0.2) is 13.8 Å². The summed E-state index contributed by atoms with van der Waals surface area (Å²) in [7, 11) is 0. The van der Waals surface area contributed by atoms with Crippen LogP contribution < -0.4 is 5.32 Å². The van der Waals surface area contributed by atoms with E-state index in [2.05, 4.69) is 27.9 Å². The van der Waals surface area contributed by atoms with E-state index in [9.17, 15) is 18.4 Å². The number of nitrogens with one attached hydrogen (secondary N) is 1. The highest BCUT2D eigenvalue weighted by Crippen LogP contribution is 2.47. The summed E-state index contributed by atoms with van der Waals surface area (Å²) in [5, 5.41) is 3.84. The molecule has 0 saturated carbocycles. The zero-order chi connectivity index (χ0) is 26.9. The number of rotatable bonds is 3. The number of likely N-dealkylation sites (tertiary alicyclic amines) is 1. The van der Waals surface area contributed by atoms with E-state index >= 15 is 0 Å². The summed E-state index contributed by atoms with van der Waals surface area (Å²) in [6, 6.07) is 12.9. The van der Waals surface area contributed by atoms with Crippen molar-refractivity contribution in [2.45, 2.75) is 43.7 Å². The van der Waals surface area contributed by atoms with Crippen LogP contribution in [0.3, 0.4) is 0 Å². The first-order valence-electron chi connectivity index (χ1n) is 12.9. The number of fused-ring (bicyclic) bond motifs is 4. The van der Waals surface area contributed by atoms with Gasteiger partial charge in [-0.2, -0.15) is 0 Å². The lowest BCUT2D eigenvalue weighted by Gasteiger charge is -2.37. The second kappa shape index (κ2) is 8.53. The minimum atomic E-state index is -0.671. The fraction of sp³-hybridized carbons (Fsp3) is 0.226. The number of carbonyl (C=O) groups is 2. The number of halogens is 2. The van der Waals surface area contributed by atoms with Crippen molar-refractivity contribution < 1.29 is 18.4 Å². The standard InChI is InChI=1S/C31H24F2N4O2/c1-17-4-5-27(20-9-23(32)12-24(33)10-20)37(29(17)38)16-18-7-19-8-21-13-31(14-22(21)11-26(19)35-15-18)25-3-2-6-34-28(25)36-30(31)39/h2-3,6-12,15,27H,1,4-5,13-14,16H2,(H,34,36,39)/t27-,31-/m0/s1. The Morgan fingerprint density at radius 1 is 1.03 bits per heavy atom. The van der Waals surface area contributed by atoms with Crippen LogP contribution in [0.25, 0.3) is 10.9 Å². The Hall–Kier alpha value is -4.46. The highest BCUT2D eigenvalue weighted by molar-refractivity contribution is 6.06. The van der Waals surface area contributed by atoms with Crippen molar-refractivity contribution in [3.05, 3.63) is 113 Å². The molecule has 1 spiro atoms. The van der Waals surface area contributed by atoms with Crippen LogP contribution in [-0.2, 0) is 34.4 Å². The maximum atomic E-state index is 14.0. The first-order valence-corrected chi connectivity index (χ1v) is 12.9. The van der Waals surface area contributed by atoms with Gasteiger partial charge < -0.3 is 10.2 Å². The van der Waals surface area contributed by atoms with Gasteiger partial charge in [-0.3, -0.25) is 14.6 Å². The van der Waals surface area contributed by atoms with Gasteiger partial charge in [0.2, 0.25) is 11.8 Å². The Morgan fingerprint density at radius 3 is 2.59 bits per heavy atom. The average Bonchev–Trinajstić information content (AvgIpc) is 3.41. The Labute approximate surface area is 223 Å². The fourth-order valence-electron chi connectivity index (χ4n) is 6.44. The number of anilines is 1. The van der Waals surface area contributed by atoms with Crippen LogP contribution in [0.2, 0.25) is 0 Å². The quantitative estimate of drug-likeness (QED) is 0.370. The normalized spacial score (nSPS) is 21.9. The monoisotopic (exact) mass is 522 g/mol. The summed E-state index contributed by atoms with van der Waals surface area (Å²) in [5.74, 6) is -0.980. The third kappa shape index (κ3) is 3.73. The molecule has 0 bridgehead atoms. The lowest BCUT2D eigenvalue weighted by Crippen LogP contribution is -2.39. The van der Waals surface area contributed by atoms with Crippen molar-refractivity contribution in [2.24, 2.45) is 0 Å². The molecule has 194 valence electrons. The van der Waals surface area contributed by atoms with Gasteiger partial charge in [0.25, 0.3) is 0 Å². The molecule has 4 aromatic rings. The van der Waals surface area contributed by atoms with E-state index in [0.717, 1.165) is 39.2 Å². The number of nitrogens with zero attached hydrogens (tertiary/aromatic N) is 3. The summed E-state index contributed by atoms with van der Waals surface area (Å²) in [5.41, 5.74) is 4.94. The van der Waals surface area contributed by atoms with Crippen molar-refractivity contribution in [3.8, 4) is 0 Å². The van der Waals surface area contributed by atoms with Crippen molar-refractivity contribution in [1.29, 1.82) is 0 Å². The number of benzene rings is 2. The van der Waals surface area contributed by atoms with Crippen molar-refractivity contribution in [2.75, 3.05) is 5.32 Å². The van der Waals surface area contributed by atoms with Crippen molar-refractivity contribution in [3.63, 3.8) is 0 Å². The fourth-order valence-corrected chi connectivity index (χ4v) is 6.44. The van der Waals surface area contributed by atoms with Crippen LogP contribution in [0.5, 0.6) is 0 Å². The van der Waals surface area contributed by atoms with Gasteiger partial charge in [-0.05, 0) is 84.3 Å². The van der Waals surface area contributed by atoms with E-state index < -0.39 is 23.1 Å². The molecule has 8 heteroatoms. The largest absolute Gasteiger partial charge is 0.328 e. The van der Waals surface area contributed by atoms with Gasteiger partial charge >= 0.3 is 0 Å². The van der Waals surface area contributed by atoms with Crippen LogP contribution in [0.4, 0.5) is 14.6 Å². The maximum absolute atomic E-state index is 14.0. The predicted molar refractivity (Wildman–Crippen MR) is 142 cm³/mol. The van der Waals surface area contributed by atoms with Crippen molar-refractivity contribution >= 4 is 28.5 Å². The van der Waals surface area contributed by atoms with Crippen LogP contribution in [0.15, 0.2) is 73.1 Å². The van der Waals surface area contributed by atoms with Gasteiger partial charge in [0.05, 0.1) is 17.0 Å². The zero-order valence-corrected chi connectivity index (χ0v) is 21.0. The average molecular weight is 523 g/mol. The minimum Gasteiger partial charge on any atom is -0.328 e. The summed E-state index contributed by atoms with van der Waals surface area (Å²) in [6.45, 7) is 4.13. The second-order valence-electron chi connectivity index (χ2n) is 10.7. The molecule has 0 radical (unpaired) electrons.